The van der Waals surface area contributed by atoms with E-state index in [9.17, 15) is 0 Å². The summed E-state index contributed by atoms with van der Waals surface area (Å²) in [6.07, 6.45) is 4.16. The van der Waals surface area contributed by atoms with Crippen molar-refractivity contribution in [2.45, 2.75) is 220 Å². The fourth-order valence-electron chi connectivity index (χ4n) is 10.3. The Balaban J connectivity index is 0. The van der Waals surface area contributed by atoms with Gasteiger partial charge in [-0.3, -0.25) is 0 Å². The van der Waals surface area contributed by atoms with Crippen molar-refractivity contribution in [1.29, 1.82) is 0 Å². The van der Waals surface area contributed by atoms with Crippen LogP contribution >= 0.6 is 0 Å². The molecular formula is C84H122N6. The fourth-order valence-corrected chi connectivity index (χ4v) is 10.3. The van der Waals surface area contributed by atoms with Crippen LogP contribution in [0.4, 0.5) is 34.1 Å². The van der Waals surface area contributed by atoms with E-state index in [0.29, 0.717) is 0 Å². The number of fused-ring (bicyclic) bond motifs is 10. The van der Waals surface area contributed by atoms with Crippen LogP contribution in [0.3, 0.4) is 0 Å². The lowest BCUT2D eigenvalue weighted by Crippen LogP contribution is -2.24. The zero-order valence-electron chi connectivity index (χ0n) is 61.8. The van der Waals surface area contributed by atoms with Gasteiger partial charge in [0.05, 0.1) is 22.4 Å². The Morgan fingerprint density at radius 3 is 0.667 bits per heavy atom. The van der Waals surface area contributed by atoms with Gasteiger partial charge in [0.25, 0.3) is 0 Å². The molecule has 2 aromatic heterocycles. The van der Waals surface area contributed by atoms with Gasteiger partial charge in [0.2, 0.25) is 0 Å². The molecule has 0 saturated carbocycles. The largest absolute Gasteiger partial charge is 0.309 e. The maximum absolute atomic E-state index is 4.33. The van der Waals surface area contributed by atoms with Gasteiger partial charge in [-0.1, -0.05) is 312 Å². The van der Waals surface area contributed by atoms with Crippen molar-refractivity contribution in [2.24, 2.45) is 0 Å². The van der Waals surface area contributed by atoms with Crippen LogP contribution in [0, 0.1) is 27.7 Å². The monoisotopic (exact) mass is 1210 g/mol. The lowest BCUT2D eigenvalue weighted by atomic mass is 9.87. The van der Waals surface area contributed by atoms with Crippen LogP contribution in [0.25, 0.3) is 21.8 Å². The summed E-state index contributed by atoms with van der Waals surface area (Å²) in [6.45, 7) is 55.9. The highest BCUT2D eigenvalue weighted by molar-refractivity contribution is 5.90. The molecule has 0 saturated heterocycles. The number of aromatic nitrogens is 4. The van der Waals surface area contributed by atoms with E-state index in [-0.39, 0.29) is 0 Å². The molecule has 0 atom stereocenters. The van der Waals surface area contributed by atoms with Gasteiger partial charge in [-0.15, -0.1) is 0 Å². The molecule has 0 N–H and O–H groups in total. The molecule has 6 nitrogen and oxygen atoms in total. The van der Waals surface area contributed by atoms with Crippen molar-refractivity contribution < 1.29 is 0 Å². The zero-order valence-corrected chi connectivity index (χ0v) is 61.8. The van der Waals surface area contributed by atoms with Gasteiger partial charge in [0.15, 0.2) is 0 Å². The van der Waals surface area contributed by atoms with Crippen LogP contribution < -0.4 is 9.80 Å². The van der Waals surface area contributed by atoms with Gasteiger partial charge < -0.3 is 9.80 Å². The molecule has 90 heavy (non-hydrogen) atoms. The highest BCUT2D eigenvalue weighted by Gasteiger charge is 2.32. The Morgan fingerprint density at radius 1 is 0.222 bits per heavy atom. The first-order valence-corrected chi connectivity index (χ1v) is 34.9. The third kappa shape index (κ3) is 22.2. The smallest absolute Gasteiger partial charge is 0.126 e. The summed E-state index contributed by atoms with van der Waals surface area (Å²) < 4.78 is 0. The lowest BCUT2D eigenvalue weighted by Gasteiger charge is -2.39. The summed E-state index contributed by atoms with van der Waals surface area (Å²) in [7, 11) is 0. The molecule has 8 aromatic carbocycles. The Hall–Kier alpha value is -7.96. The Bertz CT molecular complexity index is 3100. The van der Waals surface area contributed by atoms with Crippen molar-refractivity contribution >= 4 is 55.9 Å². The van der Waals surface area contributed by atoms with Crippen LogP contribution in [-0.2, 0) is 25.7 Å². The van der Waals surface area contributed by atoms with Crippen molar-refractivity contribution in [3.8, 4) is 0 Å². The molecule has 0 unspecified atom stereocenters. The third-order valence-electron chi connectivity index (χ3n) is 13.1. The minimum absolute atomic E-state index is 0.839. The van der Waals surface area contributed by atoms with Gasteiger partial charge in [-0.25, -0.2) is 19.9 Å². The highest BCUT2D eigenvalue weighted by atomic mass is 15.2. The summed E-state index contributed by atoms with van der Waals surface area (Å²) in [5.41, 5.74) is 23.8. The number of hydrogen-bond acceptors (Lipinski definition) is 6. The molecule has 0 bridgehead atoms. The normalized spacial score (nSPS) is 10.2. The van der Waals surface area contributed by atoms with Crippen LogP contribution in [0.1, 0.15) is 234 Å². The molecule has 14 rings (SSSR count). The minimum Gasteiger partial charge on any atom is -0.309 e. The quantitative estimate of drug-likeness (QED) is 0.151. The number of para-hydroxylation sites is 8. The molecule has 4 aliphatic rings. The first-order chi connectivity index (χ1) is 44.4. The van der Waals surface area contributed by atoms with E-state index in [4.69, 9.17) is 0 Å². The number of rotatable bonds is 0. The van der Waals surface area contributed by atoms with E-state index in [1.807, 2.05) is 242 Å². The van der Waals surface area contributed by atoms with Crippen LogP contribution in [0.2, 0.25) is 0 Å². The third-order valence-corrected chi connectivity index (χ3v) is 13.1. The predicted octanol–water partition coefficient (Wildman–Crippen LogP) is 26.7. The molecule has 6 heterocycles. The summed E-state index contributed by atoms with van der Waals surface area (Å²) in [4.78, 5) is 22.2. The average molecular weight is 1220 g/mol. The first-order valence-electron chi connectivity index (χ1n) is 34.9. The molecule has 4 aliphatic heterocycles. The van der Waals surface area contributed by atoms with E-state index in [2.05, 4.69) is 163 Å². The van der Waals surface area contributed by atoms with Crippen molar-refractivity contribution in [3.63, 3.8) is 0 Å². The van der Waals surface area contributed by atoms with Crippen molar-refractivity contribution in [1.82, 2.24) is 19.9 Å². The number of aryl methyl sites for hydroxylation is 4. The fraction of sp³-hybridized carbons (Fsp3) is 0.381. The Morgan fingerprint density at radius 2 is 0.422 bits per heavy atom. The van der Waals surface area contributed by atoms with Gasteiger partial charge >= 0.3 is 0 Å². The topological polar surface area (TPSA) is 58.0 Å². The molecular weight excluding hydrogens is 1090 g/mol. The summed E-state index contributed by atoms with van der Waals surface area (Å²) in [6, 6.07) is 64.8. The maximum Gasteiger partial charge on any atom is 0.126 e. The predicted molar refractivity (Wildman–Crippen MR) is 408 cm³/mol. The highest BCUT2D eigenvalue weighted by Crippen LogP contribution is 2.51. The van der Waals surface area contributed by atoms with Gasteiger partial charge in [-0.2, -0.15) is 0 Å². The Kier molecular flexibility index (Phi) is 46.6. The van der Waals surface area contributed by atoms with E-state index in [1.54, 1.807) is 0 Å². The van der Waals surface area contributed by atoms with Crippen molar-refractivity contribution in [2.75, 3.05) is 9.80 Å². The van der Waals surface area contributed by atoms with Crippen LogP contribution in [0.5, 0.6) is 0 Å². The van der Waals surface area contributed by atoms with Gasteiger partial charge in [-0.05, 0) is 109 Å². The van der Waals surface area contributed by atoms with E-state index < -0.39 is 0 Å². The Labute approximate surface area is 551 Å². The second-order valence-electron chi connectivity index (χ2n) is 17.5. The van der Waals surface area contributed by atoms with E-state index in [1.165, 1.54) is 78.6 Å². The molecule has 488 valence electrons. The van der Waals surface area contributed by atoms with E-state index in [0.717, 1.165) is 70.5 Å². The molecule has 10 aromatic rings. The minimum atomic E-state index is 0.839. The second-order valence-corrected chi connectivity index (χ2v) is 17.5. The summed E-state index contributed by atoms with van der Waals surface area (Å²) in [5.74, 6) is 1.68. The standard InChI is InChI=1S/2C20H15N.2C10H10N2.12C2H6/c2*1-3-10-18-14(6-1)12-16-8-5-9-17-13-15-7-2-4-11-19(15)21(18)20(16)17;2*1-7-9-5-3-4-6-10(9)12-8(2)11-7;12*1-2/h2*1-11H,12-13H2;2*3-6H,1-2H3;12*1-2H3. The van der Waals surface area contributed by atoms with E-state index >= 15 is 0 Å². The molecule has 0 spiro atoms. The molecule has 0 amide bonds. The first kappa shape index (κ1) is 84.1. The van der Waals surface area contributed by atoms with Crippen LogP contribution in [-0.4, -0.2) is 19.9 Å². The summed E-state index contributed by atoms with van der Waals surface area (Å²) >= 11 is 0. The maximum atomic E-state index is 4.33. The van der Waals surface area contributed by atoms with Crippen LogP contribution in [0.15, 0.2) is 182 Å². The molecule has 0 fully saturated rings. The zero-order chi connectivity index (χ0) is 68.7. The molecule has 0 radical (unpaired) electrons. The second kappa shape index (κ2) is 49.9. The van der Waals surface area contributed by atoms with Gasteiger partial charge in [0.1, 0.15) is 11.6 Å². The number of hydrogen-bond donors (Lipinski definition) is 0. The molecule has 6 heteroatoms. The lowest BCUT2D eigenvalue weighted by molar-refractivity contribution is 1.01. The van der Waals surface area contributed by atoms with Crippen molar-refractivity contribution in [3.05, 3.63) is 250 Å². The number of nitrogens with zero attached hydrogens (tertiary/aromatic N) is 6. The summed E-state index contributed by atoms with van der Waals surface area (Å²) in [5, 5.41) is 2.28. The average Bonchev–Trinajstić information content (AvgIpc) is 0.757. The number of anilines is 6. The number of benzene rings is 8. The molecule has 0 aliphatic carbocycles. The SMILES string of the molecule is CC.CC.CC.CC.CC.CC.CC.CC.CC.CC.CC.CC.Cc1nc(C)c2ccccc2n1.Cc1nc(C)c2ccccc2n1.c1ccc2c(c1)Cc1cccc3c1N2c1ccccc1C3.c1ccc2c(c1)Cc1cccc3c1N2c1ccccc1C3. The van der Waals surface area contributed by atoms with Gasteiger partial charge in [0, 0.05) is 70.6 Å².